The summed E-state index contributed by atoms with van der Waals surface area (Å²) in [5, 5.41) is 3.58. The molecule has 0 amide bonds. The van der Waals surface area contributed by atoms with Gasteiger partial charge in [-0.3, -0.25) is 0 Å². The van der Waals surface area contributed by atoms with Gasteiger partial charge < -0.3 is 19.5 Å². The van der Waals surface area contributed by atoms with E-state index in [1.165, 1.54) is 11.3 Å². The second kappa shape index (κ2) is 7.62. The van der Waals surface area contributed by atoms with Crippen LogP contribution in [0.2, 0.25) is 0 Å². The van der Waals surface area contributed by atoms with Gasteiger partial charge in [-0.1, -0.05) is 18.2 Å². The number of hydrogen-bond acceptors (Lipinski definition) is 4. The molecule has 2 rings (SSSR count). The van der Waals surface area contributed by atoms with Gasteiger partial charge in [0.1, 0.15) is 6.10 Å². The molecule has 1 fully saturated rings. The molecule has 112 valence electrons. The Kier molecular flexibility index (Phi) is 5.83. The quantitative estimate of drug-likeness (QED) is 0.793. The van der Waals surface area contributed by atoms with Gasteiger partial charge in [-0.2, -0.15) is 0 Å². The van der Waals surface area contributed by atoms with Gasteiger partial charge in [0.25, 0.3) is 0 Å². The van der Waals surface area contributed by atoms with Crippen molar-refractivity contribution in [2.45, 2.75) is 38.0 Å². The van der Waals surface area contributed by atoms with Crippen molar-refractivity contribution in [1.29, 1.82) is 0 Å². The van der Waals surface area contributed by atoms with Crippen LogP contribution in [-0.4, -0.2) is 45.7 Å². The molecule has 1 aliphatic rings. The van der Waals surface area contributed by atoms with Crippen LogP contribution in [0.15, 0.2) is 24.3 Å². The molecule has 3 unspecified atom stereocenters. The Morgan fingerprint density at radius 2 is 2.05 bits per heavy atom. The summed E-state index contributed by atoms with van der Waals surface area (Å²) in [7, 11) is 3.48. The van der Waals surface area contributed by atoms with Crippen LogP contribution in [0, 0.1) is 0 Å². The second-order valence-electron chi connectivity index (χ2n) is 5.08. The van der Waals surface area contributed by atoms with Crippen molar-refractivity contribution >= 4 is 5.69 Å². The summed E-state index contributed by atoms with van der Waals surface area (Å²) in [6, 6.07) is 8.70. The number of rotatable bonds is 8. The van der Waals surface area contributed by atoms with E-state index in [1.54, 1.807) is 14.2 Å². The Hall–Kier alpha value is -1.10. The molecule has 0 aliphatic heterocycles. The fraction of sp³-hybridized carbons (Fsp3) is 0.625. The maximum Gasteiger partial charge on any atom is 0.103 e. The fourth-order valence-electron chi connectivity index (χ4n) is 2.71. The molecule has 1 aliphatic carbocycles. The lowest BCUT2D eigenvalue weighted by Crippen LogP contribution is -2.56. The van der Waals surface area contributed by atoms with E-state index in [4.69, 9.17) is 14.2 Å². The summed E-state index contributed by atoms with van der Waals surface area (Å²) in [4.78, 5) is 0. The first kappa shape index (κ1) is 15.3. The zero-order valence-corrected chi connectivity index (χ0v) is 12.6. The molecule has 0 radical (unpaired) electrons. The number of ether oxygens (including phenoxy) is 3. The Balaban J connectivity index is 1.96. The van der Waals surface area contributed by atoms with E-state index in [1.807, 2.05) is 6.92 Å². The van der Waals surface area contributed by atoms with E-state index in [0.29, 0.717) is 6.04 Å². The third kappa shape index (κ3) is 3.51. The highest BCUT2D eigenvalue weighted by Crippen LogP contribution is 2.31. The van der Waals surface area contributed by atoms with Gasteiger partial charge in [0, 0.05) is 26.5 Å². The minimum atomic E-state index is 0.130. The average Bonchev–Trinajstić information content (AvgIpc) is 2.45. The Morgan fingerprint density at radius 3 is 2.75 bits per heavy atom. The molecule has 3 atom stereocenters. The molecular weight excluding hydrogens is 254 g/mol. The average molecular weight is 279 g/mol. The Labute approximate surface area is 121 Å². The first-order valence-corrected chi connectivity index (χ1v) is 7.28. The van der Waals surface area contributed by atoms with Gasteiger partial charge in [-0.05, 0) is 31.4 Å². The summed E-state index contributed by atoms with van der Waals surface area (Å²) in [5.74, 6) is 0. The third-order valence-corrected chi connectivity index (χ3v) is 3.84. The maximum absolute atomic E-state index is 5.66. The van der Waals surface area contributed by atoms with Gasteiger partial charge >= 0.3 is 0 Å². The van der Waals surface area contributed by atoms with Crippen LogP contribution in [0.5, 0.6) is 0 Å². The first-order chi connectivity index (χ1) is 9.80. The van der Waals surface area contributed by atoms with Gasteiger partial charge in [-0.15, -0.1) is 0 Å². The minimum absolute atomic E-state index is 0.130. The molecule has 4 nitrogen and oxygen atoms in total. The molecule has 20 heavy (non-hydrogen) atoms. The fourth-order valence-corrected chi connectivity index (χ4v) is 2.71. The minimum Gasteiger partial charge on any atom is -0.384 e. The SMILES string of the molecule is CCOC1CC(Nc2ccccc2CCOC)C1OC. The van der Waals surface area contributed by atoms with Crippen LogP contribution in [0.4, 0.5) is 5.69 Å². The lowest BCUT2D eigenvalue weighted by atomic mass is 9.84. The largest absolute Gasteiger partial charge is 0.384 e. The van der Waals surface area contributed by atoms with Gasteiger partial charge in [0.2, 0.25) is 0 Å². The molecule has 0 heterocycles. The van der Waals surface area contributed by atoms with Crippen molar-refractivity contribution in [3.8, 4) is 0 Å². The third-order valence-electron chi connectivity index (χ3n) is 3.84. The molecular formula is C16H25NO3. The summed E-state index contributed by atoms with van der Waals surface area (Å²) in [6.45, 7) is 3.49. The van der Waals surface area contributed by atoms with E-state index in [2.05, 4.69) is 29.6 Å². The van der Waals surface area contributed by atoms with E-state index < -0.39 is 0 Å². The first-order valence-electron chi connectivity index (χ1n) is 7.28. The normalized spacial score (nSPS) is 25.2. The van der Waals surface area contributed by atoms with E-state index in [9.17, 15) is 0 Å². The van der Waals surface area contributed by atoms with Crippen LogP contribution < -0.4 is 5.32 Å². The van der Waals surface area contributed by atoms with E-state index in [0.717, 1.165) is 26.1 Å². The van der Waals surface area contributed by atoms with E-state index >= 15 is 0 Å². The van der Waals surface area contributed by atoms with Crippen LogP contribution in [0.1, 0.15) is 18.9 Å². The van der Waals surface area contributed by atoms with Crippen LogP contribution >= 0.6 is 0 Å². The number of benzene rings is 1. The maximum atomic E-state index is 5.66. The predicted molar refractivity (Wildman–Crippen MR) is 80.3 cm³/mol. The highest BCUT2D eigenvalue weighted by molar-refractivity contribution is 5.52. The highest BCUT2D eigenvalue weighted by Gasteiger charge is 2.42. The Morgan fingerprint density at radius 1 is 1.25 bits per heavy atom. The van der Waals surface area contributed by atoms with Crippen LogP contribution in [-0.2, 0) is 20.6 Å². The summed E-state index contributed by atoms with van der Waals surface area (Å²) in [6.07, 6.45) is 2.25. The predicted octanol–water partition coefficient (Wildman–Crippen LogP) is 2.48. The second-order valence-corrected chi connectivity index (χ2v) is 5.08. The lowest BCUT2D eigenvalue weighted by Gasteiger charge is -2.44. The Bertz CT molecular complexity index is 410. The zero-order valence-electron chi connectivity index (χ0n) is 12.6. The monoisotopic (exact) mass is 279 g/mol. The van der Waals surface area contributed by atoms with Crippen LogP contribution in [0.25, 0.3) is 0 Å². The van der Waals surface area contributed by atoms with Crippen molar-refractivity contribution in [1.82, 2.24) is 0 Å². The van der Waals surface area contributed by atoms with Crippen molar-refractivity contribution in [3.63, 3.8) is 0 Å². The van der Waals surface area contributed by atoms with E-state index in [-0.39, 0.29) is 12.2 Å². The smallest absolute Gasteiger partial charge is 0.103 e. The van der Waals surface area contributed by atoms with Crippen LogP contribution in [0.3, 0.4) is 0 Å². The van der Waals surface area contributed by atoms with Gasteiger partial charge in [-0.25, -0.2) is 0 Å². The molecule has 1 aromatic carbocycles. The number of methoxy groups -OCH3 is 2. The summed E-state index contributed by atoms with van der Waals surface area (Å²) < 4.78 is 16.4. The highest BCUT2D eigenvalue weighted by atomic mass is 16.5. The number of anilines is 1. The number of para-hydroxylation sites is 1. The molecule has 0 aromatic heterocycles. The molecule has 0 bridgehead atoms. The van der Waals surface area contributed by atoms with Crippen molar-refractivity contribution in [2.24, 2.45) is 0 Å². The molecule has 0 saturated heterocycles. The van der Waals surface area contributed by atoms with Gasteiger partial charge in [0.05, 0.1) is 18.8 Å². The molecule has 1 saturated carbocycles. The number of hydrogen-bond donors (Lipinski definition) is 1. The standard InChI is InChI=1S/C16H25NO3/c1-4-20-15-11-14(16(15)19-3)17-13-8-6-5-7-12(13)9-10-18-2/h5-8,14-17H,4,9-11H2,1-3H3. The molecule has 0 spiro atoms. The number of nitrogens with one attached hydrogen (secondary N) is 1. The van der Waals surface area contributed by atoms with Crippen molar-refractivity contribution < 1.29 is 14.2 Å². The molecule has 1 aromatic rings. The lowest BCUT2D eigenvalue weighted by molar-refractivity contribution is -0.118. The summed E-state index contributed by atoms with van der Waals surface area (Å²) >= 11 is 0. The van der Waals surface area contributed by atoms with Gasteiger partial charge in [0.15, 0.2) is 0 Å². The van der Waals surface area contributed by atoms with Crippen molar-refractivity contribution in [3.05, 3.63) is 29.8 Å². The molecule has 4 heteroatoms. The zero-order chi connectivity index (χ0) is 14.4. The summed E-state index contributed by atoms with van der Waals surface area (Å²) in [5.41, 5.74) is 2.45. The van der Waals surface area contributed by atoms with Crippen molar-refractivity contribution in [2.75, 3.05) is 32.8 Å². The topological polar surface area (TPSA) is 39.7 Å². The molecule has 1 N–H and O–H groups in total.